The van der Waals surface area contributed by atoms with Gasteiger partial charge in [-0.3, -0.25) is 0 Å². The van der Waals surface area contributed by atoms with Crippen LogP contribution in [0.3, 0.4) is 0 Å². The van der Waals surface area contributed by atoms with Crippen LogP contribution in [0.25, 0.3) is 0 Å². The van der Waals surface area contributed by atoms with Crippen LogP contribution < -0.4 is 0 Å². The molecule has 12 heavy (non-hydrogen) atoms. The van der Waals surface area contributed by atoms with Crippen molar-refractivity contribution >= 4 is 11.3 Å². The largest absolute Gasteiger partial charge is 0.384 e. The molecule has 1 N–H and O–H groups in total. The lowest BCUT2D eigenvalue weighted by atomic mass is 9.94. The molecule has 1 heterocycles. The highest BCUT2D eigenvalue weighted by Gasteiger charge is 2.26. The van der Waals surface area contributed by atoms with Crippen molar-refractivity contribution in [1.29, 1.82) is 0 Å². The van der Waals surface area contributed by atoms with E-state index in [-0.39, 0.29) is 0 Å². The van der Waals surface area contributed by atoms with Gasteiger partial charge < -0.3 is 5.11 Å². The van der Waals surface area contributed by atoms with Crippen molar-refractivity contribution in [1.82, 2.24) is 4.98 Å². The third-order valence-electron chi connectivity index (χ3n) is 2.27. The van der Waals surface area contributed by atoms with Gasteiger partial charge in [0.2, 0.25) is 0 Å². The molecule has 0 aliphatic rings. The predicted octanol–water partition coefficient (Wildman–Crippen LogP) is 2.46. The summed E-state index contributed by atoms with van der Waals surface area (Å²) in [6, 6.07) is 0. The first kappa shape index (κ1) is 9.68. The highest BCUT2D eigenvalue weighted by Crippen LogP contribution is 2.28. The second kappa shape index (κ2) is 3.54. The van der Waals surface area contributed by atoms with E-state index in [1.54, 1.807) is 11.3 Å². The fourth-order valence-corrected chi connectivity index (χ4v) is 1.89. The zero-order valence-corrected chi connectivity index (χ0v) is 8.61. The van der Waals surface area contributed by atoms with Gasteiger partial charge >= 0.3 is 0 Å². The third kappa shape index (κ3) is 1.67. The molecule has 0 saturated heterocycles. The Balaban J connectivity index is 2.94. The Bertz CT molecular complexity index is 253. The van der Waals surface area contributed by atoms with Gasteiger partial charge in [-0.1, -0.05) is 13.8 Å². The van der Waals surface area contributed by atoms with E-state index in [1.165, 1.54) is 0 Å². The summed E-state index contributed by atoms with van der Waals surface area (Å²) in [6.07, 6.45) is 1.46. The van der Waals surface area contributed by atoms with Crippen LogP contribution in [0.5, 0.6) is 0 Å². The number of aryl methyl sites for hydroxylation is 1. The van der Waals surface area contributed by atoms with Crippen LogP contribution >= 0.6 is 11.3 Å². The summed E-state index contributed by atoms with van der Waals surface area (Å²) < 4.78 is 0. The van der Waals surface area contributed by atoms with E-state index in [1.807, 2.05) is 26.2 Å². The topological polar surface area (TPSA) is 33.1 Å². The molecular weight excluding hydrogens is 170 g/mol. The van der Waals surface area contributed by atoms with Gasteiger partial charge in [-0.05, 0) is 19.8 Å². The van der Waals surface area contributed by atoms with Gasteiger partial charge in [-0.25, -0.2) is 4.98 Å². The summed E-state index contributed by atoms with van der Waals surface area (Å²) >= 11 is 1.59. The first-order chi connectivity index (χ1) is 5.62. The molecule has 1 rings (SSSR count). The molecule has 68 valence electrons. The molecule has 1 aromatic rings. The maximum Gasteiger partial charge on any atom is 0.107 e. The normalized spacial score (nSPS) is 12.0. The molecule has 0 fully saturated rings. The first-order valence-electron chi connectivity index (χ1n) is 4.27. The van der Waals surface area contributed by atoms with Gasteiger partial charge in [-0.2, -0.15) is 0 Å². The minimum Gasteiger partial charge on any atom is -0.384 e. The zero-order valence-electron chi connectivity index (χ0n) is 7.79. The summed E-state index contributed by atoms with van der Waals surface area (Å²) in [4.78, 5) is 4.29. The molecule has 0 unspecified atom stereocenters. The van der Waals surface area contributed by atoms with Gasteiger partial charge in [-0.15, -0.1) is 11.3 Å². The second-order valence-electron chi connectivity index (χ2n) is 2.99. The number of thiazole rings is 1. The quantitative estimate of drug-likeness (QED) is 0.784. The Morgan fingerprint density at radius 1 is 1.50 bits per heavy atom. The van der Waals surface area contributed by atoms with Gasteiger partial charge in [0.25, 0.3) is 0 Å². The molecule has 0 saturated carbocycles. The van der Waals surface area contributed by atoms with E-state index < -0.39 is 5.60 Å². The average molecular weight is 185 g/mol. The monoisotopic (exact) mass is 185 g/mol. The van der Waals surface area contributed by atoms with Crippen LogP contribution in [0.15, 0.2) is 5.38 Å². The Hall–Kier alpha value is -0.410. The van der Waals surface area contributed by atoms with E-state index in [9.17, 15) is 5.11 Å². The summed E-state index contributed by atoms with van der Waals surface area (Å²) in [5.74, 6) is 0. The lowest BCUT2D eigenvalue weighted by Gasteiger charge is -2.22. The van der Waals surface area contributed by atoms with Crippen molar-refractivity contribution in [2.75, 3.05) is 0 Å². The lowest BCUT2D eigenvalue weighted by Crippen LogP contribution is -2.23. The minimum absolute atomic E-state index is 0.704. The Labute approximate surface area is 77.3 Å². The molecule has 0 aliphatic heterocycles. The minimum atomic E-state index is -0.704. The van der Waals surface area contributed by atoms with Gasteiger partial charge in [0.1, 0.15) is 5.60 Å². The Kier molecular flexibility index (Phi) is 2.85. The highest BCUT2D eigenvalue weighted by molar-refractivity contribution is 7.09. The number of nitrogens with zero attached hydrogens (tertiary/aromatic N) is 1. The smallest absolute Gasteiger partial charge is 0.107 e. The van der Waals surface area contributed by atoms with Crippen LogP contribution in [0.4, 0.5) is 0 Å². The van der Waals surface area contributed by atoms with Crippen molar-refractivity contribution < 1.29 is 5.11 Å². The van der Waals surface area contributed by atoms with Gasteiger partial charge in [0.05, 0.1) is 10.7 Å². The van der Waals surface area contributed by atoms with Crippen molar-refractivity contribution in [2.45, 2.75) is 39.2 Å². The second-order valence-corrected chi connectivity index (χ2v) is 4.05. The fourth-order valence-electron chi connectivity index (χ4n) is 1.19. The van der Waals surface area contributed by atoms with E-state index in [2.05, 4.69) is 4.98 Å². The molecule has 2 nitrogen and oxygen atoms in total. The summed E-state index contributed by atoms with van der Waals surface area (Å²) in [5, 5.41) is 13.0. The summed E-state index contributed by atoms with van der Waals surface area (Å²) in [6.45, 7) is 5.93. The van der Waals surface area contributed by atoms with E-state index in [4.69, 9.17) is 0 Å². The molecule has 0 bridgehead atoms. The van der Waals surface area contributed by atoms with Crippen LogP contribution in [0.2, 0.25) is 0 Å². The highest BCUT2D eigenvalue weighted by atomic mass is 32.1. The number of aliphatic hydroxyl groups is 1. The number of aromatic nitrogens is 1. The average Bonchev–Trinajstić information content (AvgIpc) is 2.51. The van der Waals surface area contributed by atoms with Crippen molar-refractivity contribution in [2.24, 2.45) is 0 Å². The van der Waals surface area contributed by atoms with E-state index in [0.29, 0.717) is 0 Å². The van der Waals surface area contributed by atoms with Crippen LogP contribution in [0.1, 0.15) is 37.4 Å². The first-order valence-corrected chi connectivity index (χ1v) is 5.15. The van der Waals surface area contributed by atoms with Crippen LogP contribution in [-0.4, -0.2) is 10.1 Å². The Morgan fingerprint density at radius 2 is 2.08 bits per heavy atom. The SMILES string of the molecule is CCC(O)(CC)c1csc(C)n1. The number of rotatable bonds is 3. The predicted molar refractivity (Wildman–Crippen MR) is 51.3 cm³/mol. The van der Waals surface area contributed by atoms with Crippen molar-refractivity contribution in [3.05, 3.63) is 16.1 Å². The van der Waals surface area contributed by atoms with Gasteiger partial charge in [0, 0.05) is 5.38 Å². The maximum absolute atomic E-state index is 10.1. The van der Waals surface area contributed by atoms with Crippen LogP contribution in [0, 0.1) is 6.92 Å². The molecule has 0 amide bonds. The molecule has 3 heteroatoms. The summed E-state index contributed by atoms with van der Waals surface area (Å²) in [5.41, 5.74) is 0.125. The molecule has 0 atom stereocenters. The third-order valence-corrected chi connectivity index (χ3v) is 3.04. The summed E-state index contributed by atoms with van der Waals surface area (Å²) in [7, 11) is 0. The number of hydrogen-bond donors (Lipinski definition) is 1. The molecule has 0 aromatic carbocycles. The molecule has 0 spiro atoms. The molecule has 0 radical (unpaired) electrons. The fraction of sp³-hybridized carbons (Fsp3) is 0.667. The Morgan fingerprint density at radius 3 is 2.42 bits per heavy atom. The zero-order chi connectivity index (χ0) is 9.19. The van der Waals surface area contributed by atoms with Crippen molar-refractivity contribution in [3.8, 4) is 0 Å². The van der Waals surface area contributed by atoms with Crippen molar-refractivity contribution in [3.63, 3.8) is 0 Å². The van der Waals surface area contributed by atoms with E-state index >= 15 is 0 Å². The van der Waals surface area contributed by atoms with E-state index in [0.717, 1.165) is 23.5 Å². The number of hydrogen-bond acceptors (Lipinski definition) is 3. The lowest BCUT2D eigenvalue weighted by molar-refractivity contribution is 0.0245. The molecule has 0 aliphatic carbocycles. The standard InChI is InChI=1S/C9H15NOS/c1-4-9(11,5-2)8-6-12-7(3)10-8/h6,11H,4-5H2,1-3H3. The molecular formula is C9H15NOS. The van der Waals surface area contributed by atoms with Crippen LogP contribution in [-0.2, 0) is 5.60 Å². The maximum atomic E-state index is 10.1. The molecule has 1 aromatic heterocycles. The van der Waals surface area contributed by atoms with Gasteiger partial charge in [0.15, 0.2) is 0 Å².